The molecule has 2 heterocycles. The van der Waals surface area contributed by atoms with Crippen molar-refractivity contribution in [2.75, 3.05) is 0 Å². The van der Waals surface area contributed by atoms with Gasteiger partial charge in [-0.25, -0.2) is 0 Å². The predicted molar refractivity (Wildman–Crippen MR) is 53.0 cm³/mol. The van der Waals surface area contributed by atoms with Gasteiger partial charge in [0.2, 0.25) is 0 Å². The first-order chi connectivity index (χ1) is 7.25. The number of carboxylic acid groups (broad SMARTS) is 1. The number of carboxylic acids is 1. The van der Waals surface area contributed by atoms with Gasteiger partial charge in [0.15, 0.2) is 0 Å². The Balaban J connectivity index is 2.27. The van der Waals surface area contributed by atoms with Crippen molar-refractivity contribution in [2.45, 2.75) is 6.42 Å². The van der Waals surface area contributed by atoms with Crippen LogP contribution in [0.15, 0.2) is 18.5 Å². The lowest BCUT2D eigenvalue weighted by molar-refractivity contribution is -0.135. The zero-order valence-electron chi connectivity index (χ0n) is 7.69. The second kappa shape index (κ2) is 3.80. The number of H-pyrrole nitrogens is 1. The van der Waals surface area contributed by atoms with E-state index in [9.17, 15) is 4.79 Å². The van der Waals surface area contributed by atoms with Gasteiger partial charge < -0.3 is 5.11 Å². The highest BCUT2D eigenvalue weighted by Crippen LogP contribution is 2.08. The van der Waals surface area contributed by atoms with Crippen LogP contribution in [0.25, 0.3) is 11.0 Å². The molecule has 0 unspecified atom stereocenters. The summed E-state index contributed by atoms with van der Waals surface area (Å²) in [6.07, 6.45) is 3.04. The summed E-state index contributed by atoms with van der Waals surface area (Å²) in [5, 5.41) is 15.0. The van der Waals surface area contributed by atoms with E-state index in [1.807, 2.05) is 0 Å². The van der Waals surface area contributed by atoms with Gasteiger partial charge in [0.1, 0.15) is 11.9 Å². The third-order valence-electron chi connectivity index (χ3n) is 1.76. The number of carbonyl (C=O) groups is 1. The smallest absolute Gasteiger partial charge is 0.315 e. The molecule has 0 radical (unpaired) electrons. The molecule has 0 saturated heterocycles. The van der Waals surface area contributed by atoms with Gasteiger partial charge in [0.05, 0.1) is 11.7 Å². The van der Waals surface area contributed by atoms with Crippen molar-refractivity contribution in [3.05, 3.63) is 24.0 Å². The number of nitrogens with one attached hydrogen (secondary N) is 1. The number of nitrogens with zero attached hydrogens (tertiary/aromatic N) is 2. The topological polar surface area (TPSA) is 78.9 Å². The SMILES string of the molecule is O=C(O)CC#Cc1cnc2cn[nH]c2c1. The fourth-order valence-electron chi connectivity index (χ4n) is 1.12. The van der Waals surface area contributed by atoms with Gasteiger partial charge >= 0.3 is 5.97 Å². The van der Waals surface area contributed by atoms with Crippen LogP contribution in [0.4, 0.5) is 0 Å². The Kier molecular flexibility index (Phi) is 2.33. The molecule has 0 aliphatic heterocycles. The van der Waals surface area contributed by atoms with E-state index in [1.165, 1.54) is 0 Å². The Morgan fingerprint density at radius 3 is 3.20 bits per heavy atom. The lowest BCUT2D eigenvalue weighted by Crippen LogP contribution is -1.90. The van der Waals surface area contributed by atoms with E-state index in [-0.39, 0.29) is 6.42 Å². The highest BCUT2D eigenvalue weighted by molar-refractivity contribution is 5.74. The Morgan fingerprint density at radius 2 is 2.40 bits per heavy atom. The standard InChI is InChI=1S/C10H7N3O2/c14-10(15)3-1-2-7-4-8-9(11-5-7)6-12-13-8/h4-6H,3H2,(H,12,13)(H,14,15). The van der Waals surface area contributed by atoms with E-state index in [0.29, 0.717) is 5.56 Å². The van der Waals surface area contributed by atoms with Crippen LogP contribution in [-0.2, 0) is 4.79 Å². The number of fused-ring (bicyclic) bond motifs is 1. The lowest BCUT2D eigenvalue weighted by atomic mass is 10.2. The molecule has 0 aliphatic rings. The van der Waals surface area contributed by atoms with E-state index in [0.717, 1.165) is 11.0 Å². The molecule has 2 rings (SSSR count). The summed E-state index contributed by atoms with van der Waals surface area (Å²) >= 11 is 0. The molecule has 0 spiro atoms. The van der Waals surface area contributed by atoms with E-state index >= 15 is 0 Å². The fraction of sp³-hybridized carbons (Fsp3) is 0.100. The first kappa shape index (κ1) is 9.21. The van der Waals surface area contributed by atoms with Crippen LogP contribution in [0.5, 0.6) is 0 Å². The van der Waals surface area contributed by atoms with Gasteiger partial charge in [0.25, 0.3) is 0 Å². The van der Waals surface area contributed by atoms with E-state index < -0.39 is 5.97 Å². The van der Waals surface area contributed by atoms with Crippen molar-refractivity contribution in [3.63, 3.8) is 0 Å². The zero-order chi connectivity index (χ0) is 10.7. The fourth-order valence-corrected chi connectivity index (χ4v) is 1.12. The summed E-state index contributed by atoms with van der Waals surface area (Å²) in [7, 11) is 0. The summed E-state index contributed by atoms with van der Waals surface area (Å²) in [6, 6.07) is 1.78. The van der Waals surface area contributed by atoms with Gasteiger partial charge in [0, 0.05) is 11.8 Å². The van der Waals surface area contributed by atoms with Gasteiger partial charge in [-0.2, -0.15) is 5.10 Å². The zero-order valence-corrected chi connectivity index (χ0v) is 7.69. The van der Waals surface area contributed by atoms with Crippen molar-refractivity contribution in [1.82, 2.24) is 15.2 Å². The maximum atomic E-state index is 10.2. The summed E-state index contributed by atoms with van der Waals surface area (Å²) in [5.74, 6) is 4.32. The van der Waals surface area contributed by atoms with Gasteiger partial charge in [-0.3, -0.25) is 14.9 Å². The largest absolute Gasteiger partial charge is 0.481 e. The normalized spacial score (nSPS) is 9.60. The molecule has 0 atom stereocenters. The molecule has 0 aliphatic carbocycles. The molecule has 0 amide bonds. The third-order valence-corrected chi connectivity index (χ3v) is 1.76. The van der Waals surface area contributed by atoms with Gasteiger partial charge in [-0.05, 0) is 6.07 Å². The van der Waals surface area contributed by atoms with Crippen LogP contribution < -0.4 is 0 Å². The van der Waals surface area contributed by atoms with E-state index in [4.69, 9.17) is 5.11 Å². The van der Waals surface area contributed by atoms with Crippen LogP contribution in [0.3, 0.4) is 0 Å². The maximum absolute atomic E-state index is 10.2. The molecule has 2 N–H and O–H groups in total. The van der Waals surface area contributed by atoms with Crippen LogP contribution in [-0.4, -0.2) is 26.3 Å². The van der Waals surface area contributed by atoms with Crippen LogP contribution in [0.1, 0.15) is 12.0 Å². The van der Waals surface area contributed by atoms with Gasteiger partial charge in [-0.15, -0.1) is 0 Å². The molecular formula is C10H7N3O2. The second-order valence-corrected chi connectivity index (χ2v) is 2.90. The van der Waals surface area contributed by atoms with E-state index in [2.05, 4.69) is 27.0 Å². The van der Waals surface area contributed by atoms with Crippen molar-refractivity contribution in [1.29, 1.82) is 0 Å². The molecule has 2 aromatic heterocycles. The summed E-state index contributed by atoms with van der Waals surface area (Å²) in [4.78, 5) is 14.3. The molecule has 0 bridgehead atoms. The molecule has 15 heavy (non-hydrogen) atoms. The minimum absolute atomic E-state index is 0.166. The van der Waals surface area contributed by atoms with E-state index in [1.54, 1.807) is 18.5 Å². The first-order valence-electron chi connectivity index (χ1n) is 4.25. The molecule has 0 aromatic carbocycles. The van der Waals surface area contributed by atoms with Crippen molar-refractivity contribution < 1.29 is 9.90 Å². The Labute approximate surface area is 85.1 Å². The number of pyridine rings is 1. The summed E-state index contributed by atoms with van der Waals surface area (Å²) in [5.41, 5.74) is 2.23. The van der Waals surface area contributed by atoms with Crippen molar-refractivity contribution >= 4 is 17.0 Å². The van der Waals surface area contributed by atoms with Gasteiger partial charge in [-0.1, -0.05) is 11.8 Å². The first-order valence-corrected chi connectivity index (χ1v) is 4.25. The Hall–Kier alpha value is -2.35. The van der Waals surface area contributed by atoms with Crippen LogP contribution >= 0.6 is 0 Å². The molecule has 5 heteroatoms. The quantitative estimate of drug-likeness (QED) is 0.668. The molecule has 74 valence electrons. The number of hydrogen-bond acceptors (Lipinski definition) is 3. The van der Waals surface area contributed by atoms with Crippen LogP contribution in [0, 0.1) is 11.8 Å². The molecule has 0 saturated carbocycles. The number of aromatic nitrogens is 3. The van der Waals surface area contributed by atoms with Crippen molar-refractivity contribution in [2.24, 2.45) is 0 Å². The summed E-state index contributed by atoms with van der Waals surface area (Å²) in [6.45, 7) is 0. The molecule has 2 aromatic rings. The number of aromatic amines is 1. The highest BCUT2D eigenvalue weighted by atomic mass is 16.4. The Morgan fingerprint density at radius 1 is 1.53 bits per heavy atom. The van der Waals surface area contributed by atoms with Crippen molar-refractivity contribution in [3.8, 4) is 11.8 Å². The number of aliphatic carboxylic acids is 1. The highest BCUT2D eigenvalue weighted by Gasteiger charge is 1.96. The molecule has 0 fully saturated rings. The minimum atomic E-state index is -0.932. The molecular weight excluding hydrogens is 194 g/mol. The third kappa shape index (κ3) is 2.11. The summed E-state index contributed by atoms with van der Waals surface area (Å²) < 4.78 is 0. The number of rotatable bonds is 1. The average molecular weight is 201 g/mol. The second-order valence-electron chi connectivity index (χ2n) is 2.90. The predicted octanol–water partition coefficient (Wildman–Crippen LogP) is 0.784. The lowest BCUT2D eigenvalue weighted by Gasteiger charge is -1.89. The average Bonchev–Trinajstić information content (AvgIpc) is 2.64. The molecule has 5 nitrogen and oxygen atoms in total. The maximum Gasteiger partial charge on any atom is 0.315 e. The number of hydrogen-bond donors (Lipinski definition) is 2. The van der Waals surface area contributed by atoms with Crippen LogP contribution in [0.2, 0.25) is 0 Å². The monoisotopic (exact) mass is 201 g/mol. The minimum Gasteiger partial charge on any atom is -0.481 e. The Bertz CT molecular complexity index is 563.